The Bertz CT molecular complexity index is 308. The predicted octanol–water partition coefficient (Wildman–Crippen LogP) is 0.598. The molecule has 4 nitrogen and oxygen atoms in total. The van der Waals surface area contributed by atoms with Crippen LogP contribution in [0.3, 0.4) is 0 Å². The molecule has 3 aliphatic heterocycles. The Hall–Kier alpha value is -0.160. The van der Waals surface area contributed by atoms with E-state index in [1.807, 2.05) is 0 Å². The number of hydrogen-bond donors (Lipinski definition) is 2. The van der Waals surface area contributed by atoms with Gasteiger partial charge >= 0.3 is 0 Å². The molecule has 0 saturated carbocycles. The third-order valence-electron chi connectivity index (χ3n) is 5.68. The highest BCUT2D eigenvalue weighted by molar-refractivity contribution is 4.94. The van der Waals surface area contributed by atoms with Crippen molar-refractivity contribution in [3.63, 3.8) is 0 Å². The van der Waals surface area contributed by atoms with Gasteiger partial charge in [0, 0.05) is 50.8 Å². The molecule has 2 N–H and O–H groups in total. The number of fused-ring (bicyclic) bond motifs is 1. The van der Waals surface area contributed by atoms with Gasteiger partial charge in [0.25, 0.3) is 0 Å². The molecular weight excluding hydrogens is 248 g/mol. The van der Waals surface area contributed by atoms with Crippen molar-refractivity contribution in [1.82, 2.24) is 20.4 Å². The lowest BCUT2D eigenvalue weighted by atomic mass is 10.0. The third-order valence-corrected chi connectivity index (χ3v) is 5.68. The summed E-state index contributed by atoms with van der Waals surface area (Å²) >= 11 is 0. The van der Waals surface area contributed by atoms with E-state index in [-0.39, 0.29) is 0 Å². The van der Waals surface area contributed by atoms with Gasteiger partial charge in [-0.05, 0) is 52.1 Å². The highest BCUT2D eigenvalue weighted by atomic mass is 15.2. The maximum Gasteiger partial charge on any atom is 0.0210 e. The van der Waals surface area contributed by atoms with Gasteiger partial charge in [-0.25, -0.2) is 0 Å². The summed E-state index contributed by atoms with van der Waals surface area (Å²) in [6, 6.07) is 2.09. The van der Waals surface area contributed by atoms with Crippen LogP contribution < -0.4 is 10.6 Å². The van der Waals surface area contributed by atoms with Crippen molar-refractivity contribution in [2.24, 2.45) is 11.8 Å². The number of likely N-dealkylation sites (tertiary alicyclic amines) is 1. The van der Waals surface area contributed by atoms with Gasteiger partial charge in [0.2, 0.25) is 0 Å². The van der Waals surface area contributed by atoms with Crippen molar-refractivity contribution in [1.29, 1.82) is 0 Å². The van der Waals surface area contributed by atoms with Gasteiger partial charge in [0.1, 0.15) is 0 Å². The quantitative estimate of drug-likeness (QED) is 0.789. The lowest BCUT2D eigenvalue weighted by Gasteiger charge is -2.38. The molecule has 0 spiro atoms. The minimum absolute atomic E-state index is 0.680. The fourth-order valence-corrected chi connectivity index (χ4v) is 4.29. The molecule has 3 fully saturated rings. The van der Waals surface area contributed by atoms with Crippen LogP contribution in [-0.2, 0) is 0 Å². The first-order chi connectivity index (χ1) is 9.63. The molecule has 0 aromatic heterocycles. The van der Waals surface area contributed by atoms with E-state index >= 15 is 0 Å². The second-order valence-corrected chi connectivity index (χ2v) is 7.46. The minimum Gasteiger partial charge on any atom is -0.316 e. The topological polar surface area (TPSA) is 30.5 Å². The maximum atomic E-state index is 3.73. The lowest BCUT2D eigenvalue weighted by molar-refractivity contribution is 0.135. The van der Waals surface area contributed by atoms with E-state index in [9.17, 15) is 0 Å². The van der Waals surface area contributed by atoms with E-state index in [0.29, 0.717) is 12.1 Å². The van der Waals surface area contributed by atoms with Gasteiger partial charge < -0.3 is 10.6 Å². The van der Waals surface area contributed by atoms with Crippen LogP contribution in [0.15, 0.2) is 0 Å². The SMILES string of the molecule is CC(C)N1CCNC(CC(C)N2CC3CNCC3C2)C1. The van der Waals surface area contributed by atoms with Crippen LogP contribution in [0.1, 0.15) is 27.2 Å². The third kappa shape index (κ3) is 3.19. The van der Waals surface area contributed by atoms with Crippen molar-refractivity contribution in [3.8, 4) is 0 Å². The smallest absolute Gasteiger partial charge is 0.0210 e. The molecular formula is C16H32N4. The fourth-order valence-electron chi connectivity index (χ4n) is 4.29. The summed E-state index contributed by atoms with van der Waals surface area (Å²) in [6.07, 6.45) is 1.30. The molecule has 4 atom stereocenters. The van der Waals surface area contributed by atoms with Crippen LogP contribution in [0.5, 0.6) is 0 Å². The summed E-state index contributed by atoms with van der Waals surface area (Å²) < 4.78 is 0. The van der Waals surface area contributed by atoms with E-state index in [1.165, 1.54) is 45.7 Å². The monoisotopic (exact) mass is 280 g/mol. The molecule has 0 aromatic carbocycles. The zero-order valence-electron chi connectivity index (χ0n) is 13.4. The Balaban J connectivity index is 1.48. The molecule has 3 heterocycles. The highest BCUT2D eigenvalue weighted by Gasteiger charge is 2.38. The Kier molecular flexibility index (Phi) is 4.65. The van der Waals surface area contributed by atoms with Crippen molar-refractivity contribution in [2.45, 2.75) is 45.3 Å². The van der Waals surface area contributed by atoms with Crippen LogP contribution in [0.2, 0.25) is 0 Å². The van der Waals surface area contributed by atoms with Crippen molar-refractivity contribution in [2.75, 3.05) is 45.8 Å². The van der Waals surface area contributed by atoms with Gasteiger partial charge in [-0.1, -0.05) is 0 Å². The molecule has 0 aromatic rings. The van der Waals surface area contributed by atoms with Crippen LogP contribution in [-0.4, -0.2) is 73.7 Å². The predicted molar refractivity (Wildman–Crippen MR) is 84.0 cm³/mol. The van der Waals surface area contributed by atoms with Crippen LogP contribution in [0, 0.1) is 11.8 Å². The minimum atomic E-state index is 0.680. The van der Waals surface area contributed by atoms with Gasteiger partial charge in [-0.15, -0.1) is 0 Å². The zero-order chi connectivity index (χ0) is 14.1. The summed E-state index contributed by atoms with van der Waals surface area (Å²) in [4.78, 5) is 5.36. The molecule has 3 aliphatic rings. The van der Waals surface area contributed by atoms with E-state index in [2.05, 4.69) is 41.2 Å². The normalized spacial score (nSPS) is 37.5. The summed E-state index contributed by atoms with van der Waals surface area (Å²) in [6.45, 7) is 15.8. The first-order valence-electron chi connectivity index (χ1n) is 8.55. The van der Waals surface area contributed by atoms with Gasteiger partial charge in [0.15, 0.2) is 0 Å². The Morgan fingerprint density at radius 3 is 2.35 bits per heavy atom. The molecule has 0 aliphatic carbocycles. The number of piperazine rings is 1. The molecule has 0 amide bonds. The molecule has 0 bridgehead atoms. The Labute approximate surface area is 124 Å². The molecule has 4 heteroatoms. The lowest BCUT2D eigenvalue weighted by Crippen LogP contribution is -2.54. The van der Waals surface area contributed by atoms with Gasteiger partial charge in [-0.2, -0.15) is 0 Å². The van der Waals surface area contributed by atoms with Crippen molar-refractivity contribution < 1.29 is 0 Å². The molecule has 20 heavy (non-hydrogen) atoms. The Morgan fingerprint density at radius 2 is 1.70 bits per heavy atom. The van der Waals surface area contributed by atoms with E-state index < -0.39 is 0 Å². The van der Waals surface area contributed by atoms with Crippen LogP contribution >= 0.6 is 0 Å². The summed E-state index contributed by atoms with van der Waals surface area (Å²) in [7, 11) is 0. The zero-order valence-corrected chi connectivity index (χ0v) is 13.4. The summed E-state index contributed by atoms with van der Waals surface area (Å²) in [5.41, 5.74) is 0. The number of rotatable bonds is 4. The standard InChI is InChI=1S/C16H32N4/c1-12(2)19-5-4-18-16(11-19)6-13(3)20-9-14-7-17-8-15(14)10-20/h12-18H,4-11H2,1-3H3. The Morgan fingerprint density at radius 1 is 1.00 bits per heavy atom. The average Bonchev–Trinajstić information content (AvgIpc) is 2.99. The fraction of sp³-hybridized carbons (Fsp3) is 1.00. The van der Waals surface area contributed by atoms with E-state index in [1.54, 1.807) is 0 Å². The number of nitrogens with one attached hydrogen (secondary N) is 2. The number of nitrogens with zero attached hydrogens (tertiary/aromatic N) is 2. The summed E-state index contributed by atoms with van der Waals surface area (Å²) in [5.74, 6) is 1.84. The average molecular weight is 280 g/mol. The van der Waals surface area contributed by atoms with Crippen LogP contribution in [0.25, 0.3) is 0 Å². The van der Waals surface area contributed by atoms with Gasteiger partial charge in [-0.3, -0.25) is 9.80 Å². The highest BCUT2D eigenvalue weighted by Crippen LogP contribution is 2.28. The van der Waals surface area contributed by atoms with E-state index in [0.717, 1.165) is 24.4 Å². The first-order valence-corrected chi connectivity index (χ1v) is 8.55. The first kappa shape index (κ1) is 14.8. The van der Waals surface area contributed by atoms with Crippen LogP contribution in [0.4, 0.5) is 0 Å². The molecule has 116 valence electrons. The summed E-state index contributed by atoms with van der Waals surface area (Å²) in [5, 5.41) is 7.27. The van der Waals surface area contributed by atoms with Crippen molar-refractivity contribution in [3.05, 3.63) is 0 Å². The van der Waals surface area contributed by atoms with Gasteiger partial charge in [0.05, 0.1) is 0 Å². The second-order valence-electron chi connectivity index (χ2n) is 7.46. The van der Waals surface area contributed by atoms with Crippen molar-refractivity contribution >= 4 is 0 Å². The second kappa shape index (κ2) is 6.30. The molecule has 0 radical (unpaired) electrons. The molecule has 4 unspecified atom stereocenters. The van der Waals surface area contributed by atoms with E-state index in [4.69, 9.17) is 0 Å². The molecule has 3 saturated heterocycles. The number of hydrogen-bond acceptors (Lipinski definition) is 4. The largest absolute Gasteiger partial charge is 0.316 e. The maximum absolute atomic E-state index is 3.73. The molecule has 3 rings (SSSR count).